The number of phosphoric ester groups is 1. The van der Waals surface area contributed by atoms with Crippen LogP contribution in [-0.4, -0.2) is 72.1 Å². The molecule has 0 bridgehead atoms. The Hall–Kier alpha value is -3.38. The summed E-state index contributed by atoms with van der Waals surface area (Å²) in [6.07, 6.45) is 49.6. The molecule has 4 N–H and O–H groups in total. The molecule has 0 spiro atoms. The molecule has 1 aliphatic rings. The van der Waals surface area contributed by atoms with E-state index in [0.29, 0.717) is 19.3 Å². The minimum Gasteiger partial charge on any atom is -0.480 e. The lowest BCUT2D eigenvalue weighted by Gasteiger charge is -2.20. The molecule has 1 saturated heterocycles. The van der Waals surface area contributed by atoms with Gasteiger partial charge in [-0.05, 0) is 96.3 Å². The molecular formula is C48H78NO11P. The Morgan fingerprint density at radius 1 is 0.590 bits per heavy atom. The SMILES string of the molecule is CCCCC/C=C\C/C=C\C/C=C\C/C=C\CCCCCC(=O)OC[C@H](COP(=O)(O)OC[C@H](N)C(=O)O)OC(=O)CCC/C=C\CC1OC1C/C=C\C/C=C\CCCCC. The average molecular weight is 876 g/mol. The molecule has 0 aromatic heterocycles. The minimum atomic E-state index is -4.75. The summed E-state index contributed by atoms with van der Waals surface area (Å²) >= 11 is 0. The third kappa shape index (κ3) is 35.9. The molecule has 0 amide bonds. The van der Waals surface area contributed by atoms with Gasteiger partial charge in [0.05, 0.1) is 25.4 Å². The number of unbranched alkanes of at least 4 members (excludes halogenated alkanes) is 10. The van der Waals surface area contributed by atoms with Crippen molar-refractivity contribution in [2.24, 2.45) is 5.73 Å². The van der Waals surface area contributed by atoms with Gasteiger partial charge in [0.2, 0.25) is 0 Å². The molecule has 0 aromatic rings. The van der Waals surface area contributed by atoms with Gasteiger partial charge in [-0.25, -0.2) is 4.57 Å². The zero-order valence-electron chi connectivity index (χ0n) is 37.2. The number of carboxylic acids is 1. The Kier molecular flexibility index (Phi) is 34.9. The van der Waals surface area contributed by atoms with Crippen LogP contribution in [0.2, 0.25) is 0 Å². The molecule has 13 heteroatoms. The predicted octanol–water partition coefficient (Wildman–Crippen LogP) is 11.3. The van der Waals surface area contributed by atoms with E-state index >= 15 is 0 Å². The fourth-order valence-electron chi connectivity index (χ4n) is 5.79. The van der Waals surface area contributed by atoms with E-state index in [4.69, 9.17) is 29.6 Å². The summed E-state index contributed by atoms with van der Waals surface area (Å²) in [6.45, 7) is 2.63. The summed E-state index contributed by atoms with van der Waals surface area (Å²) < 4.78 is 38.4. The Bertz CT molecular complexity index is 1420. The lowest BCUT2D eigenvalue weighted by Crippen LogP contribution is -2.34. The molecule has 1 fully saturated rings. The monoisotopic (exact) mass is 876 g/mol. The molecule has 0 aliphatic carbocycles. The number of ether oxygens (including phenoxy) is 3. The Labute approximate surface area is 367 Å². The van der Waals surface area contributed by atoms with Crippen LogP contribution < -0.4 is 5.73 Å². The molecule has 12 nitrogen and oxygen atoms in total. The van der Waals surface area contributed by atoms with Crippen molar-refractivity contribution >= 4 is 25.7 Å². The number of allylic oxidation sites excluding steroid dienone is 12. The summed E-state index contributed by atoms with van der Waals surface area (Å²) in [5, 5.41) is 8.90. The lowest BCUT2D eigenvalue weighted by molar-refractivity contribution is -0.161. The maximum absolute atomic E-state index is 12.7. The van der Waals surface area contributed by atoms with E-state index in [0.717, 1.165) is 64.2 Å². The summed E-state index contributed by atoms with van der Waals surface area (Å²) in [7, 11) is -4.75. The van der Waals surface area contributed by atoms with E-state index in [1.165, 1.54) is 44.9 Å². The molecule has 1 rings (SSSR count). The number of rotatable bonds is 40. The first kappa shape index (κ1) is 55.6. The Balaban J connectivity index is 2.35. The molecule has 5 atom stereocenters. The fourth-order valence-corrected chi connectivity index (χ4v) is 6.56. The number of esters is 2. The van der Waals surface area contributed by atoms with Crippen LogP contribution in [0.5, 0.6) is 0 Å². The quantitative estimate of drug-likeness (QED) is 0.0174. The number of carbonyl (C=O) groups excluding carboxylic acids is 2. The van der Waals surface area contributed by atoms with Crippen molar-refractivity contribution in [3.63, 3.8) is 0 Å². The first-order valence-electron chi connectivity index (χ1n) is 22.7. The average Bonchev–Trinajstić information content (AvgIpc) is 4.00. The van der Waals surface area contributed by atoms with Crippen molar-refractivity contribution in [1.82, 2.24) is 0 Å². The normalized spacial score (nSPS) is 17.8. The number of nitrogens with two attached hydrogens (primary N) is 1. The van der Waals surface area contributed by atoms with Crippen molar-refractivity contribution in [1.29, 1.82) is 0 Å². The molecule has 0 saturated carbocycles. The second-order valence-corrected chi connectivity index (χ2v) is 16.7. The van der Waals surface area contributed by atoms with Gasteiger partial charge in [-0.3, -0.25) is 23.4 Å². The van der Waals surface area contributed by atoms with Crippen LogP contribution in [0.3, 0.4) is 0 Å². The van der Waals surface area contributed by atoms with E-state index in [2.05, 4.69) is 97.4 Å². The van der Waals surface area contributed by atoms with Gasteiger partial charge in [-0.2, -0.15) is 0 Å². The van der Waals surface area contributed by atoms with Gasteiger partial charge in [0.1, 0.15) is 12.6 Å². The topological polar surface area (TPSA) is 184 Å². The smallest absolute Gasteiger partial charge is 0.472 e. The van der Waals surface area contributed by atoms with Crippen molar-refractivity contribution in [3.8, 4) is 0 Å². The van der Waals surface area contributed by atoms with Crippen LogP contribution in [0.1, 0.15) is 155 Å². The molecule has 1 aliphatic heterocycles. The summed E-state index contributed by atoms with van der Waals surface area (Å²) in [6, 6.07) is -1.54. The van der Waals surface area contributed by atoms with Gasteiger partial charge in [0, 0.05) is 12.8 Å². The largest absolute Gasteiger partial charge is 0.480 e. The van der Waals surface area contributed by atoms with Crippen molar-refractivity contribution < 1.29 is 52.2 Å². The lowest BCUT2D eigenvalue weighted by atomic mass is 10.1. The Morgan fingerprint density at radius 2 is 1.03 bits per heavy atom. The van der Waals surface area contributed by atoms with E-state index in [1.807, 2.05) is 6.08 Å². The summed E-state index contributed by atoms with van der Waals surface area (Å²) in [4.78, 5) is 46.1. The van der Waals surface area contributed by atoms with E-state index < -0.39 is 57.7 Å². The predicted molar refractivity (Wildman–Crippen MR) is 244 cm³/mol. The molecule has 346 valence electrons. The molecular weight excluding hydrogens is 797 g/mol. The highest BCUT2D eigenvalue weighted by Gasteiger charge is 2.36. The number of phosphoric acid groups is 1. The van der Waals surface area contributed by atoms with Gasteiger partial charge in [0.15, 0.2) is 6.10 Å². The van der Waals surface area contributed by atoms with Gasteiger partial charge < -0.3 is 29.9 Å². The van der Waals surface area contributed by atoms with E-state index in [1.54, 1.807) is 0 Å². The van der Waals surface area contributed by atoms with Crippen LogP contribution in [0.25, 0.3) is 0 Å². The van der Waals surface area contributed by atoms with Crippen LogP contribution in [0, 0.1) is 0 Å². The molecule has 3 unspecified atom stereocenters. The maximum atomic E-state index is 12.7. The first-order valence-corrected chi connectivity index (χ1v) is 24.2. The summed E-state index contributed by atoms with van der Waals surface area (Å²) in [5.74, 6) is -2.51. The Morgan fingerprint density at radius 3 is 1.57 bits per heavy atom. The van der Waals surface area contributed by atoms with Crippen LogP contribution in [0.4, 0.5) is 0 Å². The first-order chi connectivity index (χ1) is 29.6. The molecule has 1 heterocycles. The molecule has 61 heavy (non-hydrogen) atoms. The number of carboxylic acid groups (broad SMARTS) is 1. The van der Waals surface area contributed by atoms with Gasteiger partial charge in [-0.15, -0.1) is 0 Å². The highest BCUT2D eigenvalue weighted by molar-refractivity contribution is 7.47. The number of hydrogen-bond acceptors (Lipinski definition) is 10. The van der Waals surface area contributed by atoms with Gasteiger partial charge in [0.25, 0.3) is 0 Å². The maximum Gasteiger partial charge on any atom is 0.472 e. The number of carbonyl (C=O) groups is 3. The van der Waals surface area contributed by atoms with Gasteiger partial charge >= 0.3 is 25.7 Å². The van der Waals surface area contributed by atoms with Crippen LogP contribution in [0.15, 0.2) is 85.1 Å². The van der Waals surface area contributed by atoms with E-state index in [-0.39, 0.29) is 25.0 Å². The van der Waals surface area contributed by atoms with Crippen LogP contribution >= 0.6 is 7.82 Å². The molecule has 0 aromatic carbocycles. The summed E-state index contributed by atoms with van der Waals surface area (Å²) in [5.41, 5.74) is 5.33. The molecule has 0 radical (unpaired) electrons. The standard InChI is InChI=1S/C48H78NO11P/c1-3-5-7-9-11-13-14-15-16-17-18-19-20-21-22-24-26-28-33-37-46(50)56-39-42(40-57-61(54,55)58-41-43(49)48(52)53)59-47(51)38-34-30-29-32-36-45-44(60-45)35-31-27-25-23-12-10-8-6-4-2/h11-13,15-16,18-19,21-23,27,29,31-32,42-45H,3-10,14,17,20,24-26,28,30,33-41,49H2,1-2H3,(H,52,53)(H,54,55)/b13-11-,16-15-,19-18-,22-21-,23-12-,31-27-,32-29-/t42-,43+,44?,45?/m1/s1. The second kappa shape index (κ2) is 38.3. The van der Waals surface area contributed by atoms with Crippen molar-refractivity contribution in [3.05, 3.63) is 85.1 Å². The van der Waals surface area contributed by atoms with Crippen molar-refractivity contribution in [2.45, 2.75) is 179 Å². The van der Waals surface area contributed by atoms with Gasteiger partial charge in [-0.1, -0.05) is 131 Å². The van der Waals surface area contributed by atoms with Crippen molar-refractivity contribution in [2.75, 3.05) is 19.8 Å². The number of aliphatic carboxylic acids is 1. The third-order valence-corrected chi connectivity index (χ3v) is 10.5. The zero-order valence-corrected chi connectivity index (χ0v) is 38.1. The zero-order chi connectivity index (χ0) is 44.7. The van der Waals surface area contributed by atoms with E-state index in [9.17, 15) is 23.8 Å². The number of epoxide rings is 1. The number of hydrogen-bond donors (Lipinski definition) is 3. The second-order valence-electron chi connectivity index (χ2n) is 15.2. The third-order valence-electron chi connectivity index (χ3n) is 9.52. The highest BCUT2D eigenvalue weighted by atomic mass is 31.2. The fraction of sp³-hybridized carbons (Fsp3) is 0.646. The van der Waals surface area contributed by atoms with Crippen LogP contribution in [-0.2, 0) is 42.2 Å². The minimum absolute atomic E-state index is 0.0649. The highest BCUT2D eigenvalue weighted by Crippen LogP contribution is 2.43.